The van der Waals surface area contributed by atoms with Crippen LogP contribution in [0.4, 0.5) is 5.69 Å². The van der Waals surface area contributed by atoms with Gasteiger partial charge in [-0.2, -0.15) is 0 Å². The molecule has 5 nitrogen and oxygen atoms in total. The van der Waals surface area contributed by atoms with Crippen molar-refractivity contribution in [3.63, 3.8) is 0 Å². The molecule has 0 radical (unpaired) electrons. The number of rotatable bonds is 6. The third kappa shape index (κ3) is 4.84. The molecular weight excluding hydrogens is 306 g/mol. The van der Waals surface area contributed by atoms with Crippen molar-refractivity contribution in [2.24, 2.45) is 0 Å². The number of aryl methyl sites for hydroxylation is 3. The van der Waals surface area contributed by atoms with Crippen molar-refractivity contribution >= 4 is 17.6 Å². The average Bonchev–Trinajstić information content (AvgIpc) is 2.56. The summed E-state index contributed by atoms with van der Waals surface area (Å²) in [7, 11) is 0. The molecule has 0 spiro atoms. The highest BCUT2D eigenvalue weighted by Crippen LogP contribution is 2.19. The fourth-order valence-electron chi connectivity index (χ4n) is 2.23. The third-order valence-electron chi connectivity index (χ3n) is 3.55. The Hall–Kier alpha value is -2.82. The largest absolute Gasteiger partial charge is 0.482 e. The Morgan fingerprint density at radius 2 is 1.50 bits per heavy atom. The van der Waals surface area contributed by atoms with Gasteiger partial charge in [0.05, 0.1) is 0 Å². The van der Waals surface area contributed by atoms with Gasteiger partial charge in [0, 0.05) is 5.69 Å². The Labute approximate surface area is 141 Å². The molecule has 1 amide bonds. The van der Waals surface area contributed by atoms with Crippen LogP contribution in [0.1, 0.15) is 16.7 Å². The van der Waals surface area contributed by atoms with Crippen LogP contribution in [0.2, 0.25) is 0 Å². The average molecular weight is 327 g/mol. The fourth-order valence-corrected chi connectivity index (χ4v) is 2.23. The van der Waals surface area contributed by atoms with E-state index >= 15 is 0 Å². The molecule has 0 aliphatic heterocycles. The first-order valence-electron chi connectivity index (χ1n) is 7.67. The number of anilines is 1. The zero-order valence-corrected chi connectivity index (χ0v) is 14.1. The minimum absolute atomic E-state index is 0.235. The molecule has 0 heterocycles. The number of nitrogens with one attached hydrogen (secondary N) is 1. The summed E-state index contributed by atoms with van der Waals surface area (Å²) in [4.78, 5) is 23.6. The highest BCUT2D eigenvalue weighted by atomic mass is 16.6. The first-order chi connectivity index (χ1) is 11.5. The van der Waals surface area contributed by atoms with Crippen molar-refractivity contribution in [1.29, 1.82) is 0 Å². The predicted molar refractivity (Wildman–Crippen MR) is 92.2 cm³/mol. The van der Waals surface area contributed by atoms with Gasteiger partial charge in [-0.3, -0.25) is 4.79 Å². The lowest BCUT2D eigenvalue weighted by molar-refractivity contribution is -0.149. The predicted octanol–water partition coefficient (Wildman–Crippen LogP) is 3.17. The summed E-state index contributed by atoms with van der Waals surface area (Å²) in [6.45, 7) is 5.12. The van der Waals surface area contributed by atoms with Crippen LogP contribution in [0, 0.1) is 20.8 Å². The second-order valence-corrected chi connectivity index (χ2v) is 5.53. The summed E-state index contributed by atoms with van der Waals surface area (Å²) >= 11 is 0. The molecule has 0 aliphatic carbocycles. The van der Waals surface area contributed by atoms with Crippen LogP contribution < -0.4 is 10.1 Å². The molecule has 0 fully saturated rings. The Kier molecular flexibility index (Phi) is 5.95. The summed E-state index contributed by atoms with van der Waals surface area (Å²) in [6, 6.07) is 13.1. The van der Waals surface area contributed by atoms with Gasteiger partial charge in [-0.1, -0.05) is 36.4 Å². The van der Waals surface area contributed by atoms with Gasteiger partial charge in [0.15, 0.2) is 13.2 Å². The number of benzene rings is 2. The standard InChI is InChI=1S/C19H21NO4/c1-13-7-4-5-10-16(13)23-12-18(22)24-11-17(21)20-19-14(2)8-6-9-15(19)3/h4-10H,11-12H2,1-3H3,(H,20,21). The van der Waals surface area contributed by atoms with Crippen LogP contribution in [-0.2, 0) is 14.3 Å². The molecule has 0 bridgehead atoms. The quantitative estimate of drug-likeness (QED) is 0.828. The van der Waals surface area contributed by atoms with Crippen molar-refractivity contribution in [3.8, 4) is 5.75 Å². The Morgan fingerprint density at radius 1 is 0.875 bits per heavy atom. The number of carbonyl (C=O) groups excluding carboxylic acids is 2. The molecule has 2 aromatic rings. The van der Waals surface area contributed by atoms with Gasteiger partial charge in [-0.25, -0.2) is 4.79 Å². The fraction of sp³-hybridized carbons (Fsp3) is 0.263. The van der Waals surface area contributed by atoms with E-state index in [2.05, 4.69) is 5.32 Å². The van der Waals surface area contributed by atoms with E-state index in [1.165, 1.54) is 0 Å². The van der Waals surface area contributed by atoms with Crippen LogP contribution in [0.15, 0.2) is 42.5 Å². The van der Waals surface area contributed by atoms with Gasteiger partial charge in [-0.15, -0.1) is 0 Å². The van der Waals surface area contributed by atoms with Gasteiger partial charge in [0.2, 0.25) is 0 Å². The molecule has 126 valence electrons. The topological polar surface area (TPSA) is 64.6 Å². The molecule has 2 rings (SSSR count). The first-order valence-corrected chi connectivity index (χ1v) is 7.67. The van der Waals surface area contributed by atoms with Gasteiger partial charge in [0.25, 0.3) is 5.91 Å². The Bertz CT molecular complexity index is 720. The van der Waals surface area contributed by atoms with E-state index < -0.39 is 5.97 Å². The van der Waals surface area contributed by atoms with Gasteiger partial charge in [0.1, 0.15) is 5.75 Å². The van der Waals surface area contributed by atoms with Crippen molar-refractivity contribution in [2.45, 2.75) is 20.8 Å². The summed E-state index contributed by atoms with van der Waals surface area (Å²) < 4.78 is 10.3. The lowest BCUT2D eigenvalue weighted by Crippen LogP contribution is -2.24. The smallest absolute Gasteiger partial charge is 0.344 e. The molecule has 0 saturated carbocycles. The number of esters is 1. The number of hydrogen-bond donors (Lipinski definition) is 1. The zero-order chi connectivity index (χ0) is 17.5. The maximum Gasteiger partial charge on any atom is 0.344 e. The first kappa shape index (κ1) is 17.5. The second-order valence-electron chi connectivity index (χ2n) is 5.53. The van der Waals surface area contributed by atoms with Gasteiger partial charge >= 0.3 is 5.97 Å². The van der Waals surface area contributed by atoms with Crippen LogP contribution in [0.25, 0.3) is 0 Å². The number of carbonyl (C=O) groups is 2. The van der Waals surface area contributed by atoms with Crippen molar-refractivity contribution in [2.75, 3.05) is 18.5 Å². The molecule has 0 saturated heterocycles. The maximum absolute atomic E-state index is 11.9. The second kappa shape index (κ2) is 8.15. The third-order valence-corrected chi connectivity index (χ3v) is 3.55. The van der Waals surface area contributed by atoms with Crippen LogP contribution in [0.5, 0.6) is 5.75 Å². The van der Waals surface area contributed by atoms with Crippen LogP contribution in [-0.4, -0.2) is 25.1 Å². The van der Waals surface area contributed by atoms with Crippen LogP contribution in [0.3, 0.4) is 0 Å². The Morgan fingerprint density at radius 3 is 2.17 bits per heavy atom. The molecule has 24 heavy (non-hydrogen) atoms. The molecule has 5 heteroatoms. The molecule has 0 aliphatic rings. The van der Waals surface area contributed by atoms with E-state index in [-0.39, 0.29) is 19.1 Å². The number of amides is 1. The number of para-hydroxylation sites is 2. The van der Waals surface area contributed by atoms with Crippen molar-refractivity contribution in [1.82, 2.24) is 0 Å². The molecule has 1 N–H and O–H groups in total. The normalized spacial score (nSPS) is 10.1. The van der Waals surface area contributed by atoms with E-state index in [1.807, 2.05) is 57.2 Å². The zero-order valence-electron chi connectivity index (χ0n) is 14.1. The Balaban J connectivity index is 1.79. The number of hydrogen-bond acceptors (Lipinski definition) is 4. The lowest BCUT2D eigenvalue weighted by atomic mass is 10.1. The van der Waals surface area contributed by atoms with E-state index in [9.17, 15) is 9.59 Å². The molecule has 0 unspecified atom stereocenters. The van der Waals surface area contributed by atoms with Crippen molar-refractivity contribution < 1.29 is 19.1 Å². The SMILES string of the molecule is Cc1ccccc1OCC(=O)OCC(=O)Nc1c(C)cccc1C. The monoisotopic (exact) mass is 327 g/mol. The van der Waals surface area contributed by atoms with E-state index in [4.69, 9.17) is 9.47 Å². The summed E-state index contributed by atoms with van der Waals surface area (Å²) in [5.41, 5.74) is 3.59. The van der Waals surface area contributed by atoms with Crippen LogP contribution >= 0.6 is 0 Å². The highest BCUT2D eigenvalue weighted by molar-refractivity contribution is 5.94. The lowest BCUT2D eigenvalue weighted by Gasteiger charge is -2.12. The number of ether oxygens (including phenoxy) is 2. The molecule has 0 atom stereocenters. The minimum Gasteiger partial charge on any atom is -0.482 e. The molecular formula is C19H21NO4. The minimum atomic E-state index is -0.588. The maximum atomic E-state index is 11.9. The highest BCUT2D eigenvalue weighted by Gasteiger charge is 2.11. The molecule has 2 aromatic carbocycles. The van der Waals surface area contributed by atoms with Crippen molar-refractivity contribution in [3.05, 3.63) is 59.2 Å². The van der Waals surface area contributed by atoms with Gasteiger partial charge < -0.3 is 14.8 Å². The van der Waals surface area contributed by atoms with Gasteiger partial charge in [-0.05, 0) is 43.5 Å². The molecule has 0 aromatic heterocycles. The van der Waals surface area contributed by atoms with E-state index in [0.717, 1.165) is 22.4 Å². The van der Waals surface area contributed by atoms with E-state index in [1.54, 1.807) is 6.07 Å². The van der Waals surface area contributed by atoms with E-state index in [0.29, 0.717) is 5.75 Å². The summed E-state index contributed by atoms with van der Waals surface area (Å²) in [5, 5.41) is 2.76. The summed E-state index contributed by atoms with van der Waals surface area (Å²) in [6.07, 6.45) is 0. The summed E-state index contributed by atoms with van der Waals surface area (Å²) in [5.74, 6) is -0.346.